The van der Waals surface area contributed by atoms with Gasteiger partial charge in [-0.2, -0.15) is 0 Å². The van der Waals surface area contributed by atoms with Gasteiger partial charge in [0.2, 0.25) is 0 Å². The summed E-state index contributed by atoms with van der Waals surface area (Å²) in [5.41, 5.74) is -0.531. The monoisotopic (exact) mass is 614 g/mol. The normalized spacial score (nSPS) is 14.1. The van der Waals surface area contributed by atoms with E-state index in [4.69, 9.17) is 9.16 Å². The molecule has 0 heterocycles. The number of thioether (sulfide) groups is 1. The molecule has 0 aliphatic rings. The minimum absolute atomic E-state index is 0.134. The van der Waals surface area contributed by atoms with Gasteiger partial charge in [-0.1, -0.05) is 159 Å². The van der Waals surface area contributed by atoms with Crippen LogP contribution in [-0.4, -0.2) is 50.2 Å². The van der Waals surface area contributed by atoms with Gasteiger partial charge in [0.1, 0.15) is 0 Å². The fourth-order valence-electron chi connectivity index (χ4n) is 5.65. The van der Waals surface area contributed by atoms with Gasteiger partial charge in [0, 0.05) is 37.7 Å². The van der Waals surface area contributed by atoms with Crippen LogP contribution in [0.15, 0.2) is 60.7 Å². The van der Waals surface area contributed by atoms with Crippen LogP contribution in [-0.2, 0) is 14.0 Å². The number of rotatable bonds is 20. The largest absolute Gasteiger partial charge is 0.407 e. The van der Waals surface area contributed by atoms with Crippen molar-refractivity contribution < 1.29 is 19.1 Å². The molecule has 2 aromatic rings. The molecular weight excluding hydrogens is 557 g/mol. The van der Waals surface area contributed by atoms with E-state index in [1.54, 1.807) is 7.11 Å². The maximum Gasteiger partial charge on any atom is 0.261 e. The lowest BCUT2D eigenvalue weighted by Gasteiger charge is -2.45. The zero-order chi connectivity index (χ0) is 31.1. The molecule has 42 heavy (non-hydrogen) atoms. The number of methoxy groups -OCH3 is 1. The van der Waals surface area contributed by atoms with Gasteiger partial charge in [-0.3, -0.25) is 4.79 Å². The molecule has 0 radical (unpaired) electrons. The third-order valence-corrected chi connectivity index (χ3v) is 14.4. The van der Waals surface area contributed by atoms with E-state index in [0.717, 1.165) is 12.2 Å². The van der Waals surface area contributed by atoms with Crippen LogP contribution in [0.1, 0.15) is 106 Å². The Kier molecular flexibility index (Phi) is 16.1. The Hall–Kier alpha value is -1.44. The van der Waals surface area contributed by atoms with Gasteiger partial charge in [0.15, 0.2) is 5.12 Å². The number of hydrogen-bond acceptors (Lipinski definition) is 5. The third kappa shape index (κ3) is 11.2. The number of carbonyl (C=O) groups is 1. The van der Waals surface area contributed by atoms with Crippen molar-refractivity contribution in [3.8, 4) is 0 Å². The Morgan fingerprint density at radius 3 is 1.81 bits per heavy atom. The lowest BCUT2D eigenvalue weighted by molar-refractivity contribution is -0.114. The number of ether oxygens (including phenoxy) is 1. The quantitative estimate of drug-likeness (QED) is 0.121. The average Bonchev–Trinajstić information content (AvgIpc) is 2.96. The Balaban J connectivity index is 1.98. The van der Waals surface area contributed by atoms with E-state index in [1.807, 2.05) is 12.1 Å². The molecule has 0 aliphatic heterocycles. The van der Waals surface area contributed by atoms with Gasteiger partial charge in [-0.25, -0.2) is 0 Å². The SMILES string of the molecule is CCCCCCCCCCSC(=O)C[C@H](C[C@H](O)C(C)(C)CO[Si](c1ccccc1)(c1ccccc1)C(C)(C)C)OC. The van der Waals surface area contributed by atoms with Crippen LogP contribution >= 0.6 is 11.8 Å². The molecular formula is C36H58O4SSi. The summed E-state index contributed by atoms with van der Waals surface area (Å²) < 4.78 is 12.8. The Labute approximate surface area is 262 Å². The van der Waals surface area contributed by atoms with Gasteiger partial charge in [-0.05, 0) is 21.8 Å². The molecule has 2 atom stereocenters. The number of hydrogen-bond donors (Lipinski definition) is 1. The lowest BCUT2D eigenvalue weighted by atomic mass is 9.84. The molecule has 6 heteroatoms. The Morgan fingerprint density at radius 2 is 1.33 bits per heavy atom. The van der Waals surface area contributed by atoms with Crippen molar-refractivity contribution in [1.29, 1.82) is 0 Å². The summed E-state index contributed by atoms with van der Waals surface area (Å²) in [4.78, 5) is 12.7. The highest BCUT2D eigenvalue weighted by atomic mass is 32.2. The molecule has 236 valence electrons. The van der Waals surface area contributed by atoms with Crippen LogP contribution in [0.5, 0.6) is 0 Å². The van der Waals surface area contributed by atoms with Crippen molar-refractivity contribution in [2.45, 2.75) is 123 Å². The topological polar surface area (TPSA) is 55.8 Å². The van der Waals surface area contributed by atoms with Crippen LogP contribution in [0, 0.1) is 5.41 Å². The number of unbranched alkanes of at least 4 members (excludes halogenated alkanes) is 7. The Morgan fingerprint density at radius 1 is 0.833 bits per heavy atom. The molecule has 0 saturated heterocycles. The fraction of sp³-hybridized carbons (Fsp3) is 0.639. The lowest BCUT2D eigenvalue weighted by Crippen LogP contribution is -2.67. The molecule has 0 amide bonds. The maximum absolute atomic E-state index is 12.7. The minimum Gasteiger partial charge on any atom is -0.407 e. The summed E-state index contributed by atoms with van der Waals surface area (Å²) >= 11 is 1.42. The average molecular weight is 615 g/mol. The molecule has 0 bridgehead atoms. The number of aliphatic hydroxyl groups is 1. The van der Waals surface area contributed by atoms with E-state index in [0.29, 0.717) is 19.4 Å². The number of benzene rings is 2. The second kappa shape index (κ2) is 18.4. The highest BCUT2D eigenvalue weighted by Crippen LogP contribution is 2.38. The molecule has 0 aliphatic carbocycles. The molecule has 1 N–H and O–H groups in total. The highest BCUT2D eigenvalue weighted by Gasteiger charge is 2.51. The summed E-state index contributed by atoms with van der Waals surface area (Å²) in [7, 11) is -1.07. The van der Waals surface area contributed by atoms with Crippen LogP contribution in [0.4, 0.5) is 0 Å². The number of carbonyl (C=O) groups excluding carboxylic acids is 1. The summed E-state index contributed by atoms with van der Waals surface area (Å²) in [6, 6.07) is 21.2. The van der Waals surface area contributed by atoms with Gasteiger partial charge < -0.3 is 14.3 Å². The smallest absolute Gasteiger partial charge is 0.261 e. The molecule has 0 fully saturated rings. The van der Waals surface area contributed by atoms with E-state index in [2.05, 4.69) is 90.1 Å². The van der Waals surface area contributed by atoms with Gasteiger partial charge in [0.05, 0.1) is 12.2 Å². The van der Waals surface area contributed by atoms with Crippen LogP contribution in [0.2, 0.25) is 5.04 Å². The second-order valence-corrected chi connectivity index (χ2v) is 18.9. The van der Waals surface area contributed by atoms with E-state index >= 15 is 0 Å². The second-order valence-electron chi connectivity index (χ2n) is 13.4. The Bertz CT molecular complexity index is 967. The van der Waals surface area contributed by atoms with Gasteiger partial charge >= 0.3 is 0 Å². The standard InChI is InChI=1S/C36H58O4SSi/c1-8-9-10-11-12-13-14-21-26-41-34(38)28-30(39-7)27-33(37)36(5,6)29-40-42(35(2,3)4,31-22-17-15-18-23-31)32-24-19-16-20-25-32/h15-20,22-25,30,33,37H,8-14,21,26-29H2,1-7H3/t30-,33-/m0/s1. The number of aliphatic hydroxyl groups excluding tert-OH is 1. The fourth-order valence-corrected chi connectivity index (χ4v) is 11.3. The van der Waals surface area contributed by atoms with Crippen molar-refractivity contribution in [2.75, 3.05) is 19.5 Å². The molecule has 0 spiro atoms. The third-order valence-electron chi connectivity index (χ3n) is 8.45. The van der Waals surface area contributed by atoms with Crippen LogP contribution in [0.25, 0.3) is 0 Å². The summed E-state index contributed by atoms with van der Waals surface area (Å²) in [6.45, 7) is 13.6. The van der Waals surface area contributed by atoms with Gasteiger partial charge in [-0.15, -0.1) is 0 Å². The molecule has 0 aromatic heterocycles. The summed E-state index contributed by atoms with van der Waals surface area (Å²) in [5, 5.41) is 13.9. The van der Waals surface area contributed by atoms with E-state index in [1.165, 1.54) is 67.1 Å². The first-order chi connectivity index (χ1) is 20.0. The molecule has 0 unspecified atom stereocenters. The van der Waals surface area contributed by atoms with Crippen LogP contribution in [0.3, 0.4) is 0 Å². The zero-order valence-corrected chi connectivity index (χ0v) is 29.3. The molecule has 2 aromatic carbocycles. The first-order valence-electron chi connectivity index (χ1n) is 16.1. The highest BCUT2D eigenvalue weighted by molar-refractivity contribution is 8.13. The maximum atomic E-state index is 12.7. The zero-order valence-electron chi connectivity index (χ0n) is 27.5. The van der Waals surface area contributed by atoms with Gasteiger partial charge in [0.25, 0.3) is 8.32 Å². The predicted octanol–water partition coefficient (Wildman–Crippen LogP) is 8.15. The van der Waals surface area contributed by atoms with E-state index in [9.17, 15) is 9.90 Å². The molecule has 0 saturated carbocycles. The van der Waals surface area contributed by atoms with E-state index in [-0.39, 0.29) is 16.3 Å². The summed E-state index contributed by atoms with van der Waals surface area (Å²) in [5.74, 6) is 0.866. The first kappa shape index (κ1) is 36.7. The van der Waals surface area contributed by atoms with Crippen molar-refractivity contribution in [1.82, 2.24) is 0 Å². The van der Waals surface area contributed by atoms with Crippen LogP contribution < -0.4 is 10.4 Å². The van der Waals surface area contributed by atoms with Crippen molar-refractivity contribution in [3.05, 3.63) is 60.7 Å². The molecule has 2 rings (SSSR count). The predicted molar refractivity (Wildman–Crippen MR) is 183 cm³/mol. The first-order valence-corrected chi connectivity index (χ1v) is 19.0. The van der Waals surface area contributed by atoms with E-state index < -0.39 is 19.8 Å². The van der Waals surface area contributed by atoms with Crippen molar-refractivity contribution >= 4 is 35.6 Å². The van der Waals surface area contributed by atoms with Crippen molar-refractivity contribution in [2.24, 2.45) is 5.41 Å². The molecule has 4 nitrogen and oxygen atoms in total. The summed E-state index contributed by atoms with van der Waals surface area (Å²) in [6.07, 6.45) is 9.86. The minimum atomic E-state index is -2.71. The van der Waals surface area contributed by atoms with Crippen molar-refractivity contribution in [3.63, 3.8) is 0 Å².